The van der Waals surface area contributed by atoms with E-state index in [0.717, 1.165) is 31.7 Å². The summed E-state index contributed by atoms with van der Waals surface area (Å²) in [6.07, 6.45) is 1.22. The van der Waals surface area contributed by atoms with Gasteiger partial charge in [0, 0.05) is 31.9 Å². The van der Waals surface area contributed by atoms with Crippen LogP contribution in [0.15, 0.2) is 6.07 Å². The van der Waals surface area contributed by atoms with Crippen LogP contribution in [0.5, 0.6) is 0 Å². The third kappa shape index (κ3) is 5.54. The first-order valence-electron chi connectivity index (χ1n) is 9.46. The van der Waals surface area contributed by atoms with Crippen LogP contribution in [0.2, 0.25) is 0 Å². The Labute approximate surface area is 151 Å². The molecular weight excluding hydrogens is 316 g/mol. The highest BCUT2D eigenvalue weighted by molar-refractivity contribution is 5.82. The first-order valence-corrected chi connectivity index (χ1v) is 9.46. The Bertz CT molecular complexity index is 560. The molecule has 0 bridgehead atoms. The standard InChI is InChI=1S/C19H34N4O2/c1-13(2)18(22-11-16(5)25-17(6)12-22)19(24)20-8-7-9-23-15(4)10-14(3)21-23/h10,13,16-18H,7-9,11-12H2,1-6H3,(H,20,24)/t16-,17-,18+/m1/s1. The lowest BCUT2D eigenvalue weighted by molar-refractivity contribution is -0.135. The van der Waals surface area contributed by atoms with E-state index in [1.165, 1.54) is 5.69 Å². The lowest BCUT2D eigenvalue weighted by Crippen LogP contribution is -2.57. The van der Waals surface area contributed by atoms with Crippen LogP contribution in [-0.2, 0) is 16.1 Å². The van der Waals surface area contributed by atoms with Gasteiger partial charge in [0.05, 0.1) is 23.9 Å². The minimum atomic E-state index is -0.0949. The molecule has 1 aromatic heterocycles. The molecule has 1 fully saturated rings. The Morgan fingerprint density at radius 1 is 1.32 bits per heavy atom. The van der Waals surface area contributed by atoms with E-state index in [1.54, 1.807) is 0 Å². The summed E-state index contributed by atoms with van der Waals surface area (Å²) in [5.41, 5.74) is 2.21. The Morgan fingerprint density at radius 2 is 1.96 bits per heavy atom. The molecule has 0 spiro atoms. The maximum Gasteiger partial charge on any atom is 0.237 e. The zero-order valence-corrected chi connectivity index (χ0v) is 16.6. The fraction of sp³-hybridized carbons (Fsp3) is 0.789. The number of hydrogen-bond donors (Lipinski definition) is 1. The molecule has 6 heteroatoms. The Balaban J connectivity index is 1.84. The van der Waals surface area contributed by atoms with Crippen LogP contribution < -0.4 is 5.32 Å². The van der Waals surface area contributed by atoms with Crippen LogP contribution >= 0.6 is 0 Å². The number of hydrogen-bond acceptors (Lipinski definition) is 4. The third-order valence-corrected chi connectivity index (χ3v) is 4.69. The minimum Gasteiger partial charge on any atom is -0.373 e. The number of nitrogens with zero attached hydrogens (tertiary/aromatic N) is 3. The van der Waals surface area contributed by atoms with Gasteiger partial charge in [0.25, 0.3) is 0 Å². The smallest absolute Gasteiger partial charge is 0.237 e. The summed E-state index contributed by atoms with van der Waals surface area (Å²) in [5.74, 6) is 0.401. The molecule has 1 amide bonds. The topological polar surface area (TPSA) is 59.4 Å². The monoisotopic (exact) mass is 350 g/mol. The van der Waals surface area contributed by atoms with Gasteiger partial charge in [0.1, 0.15) is 0 Å². The molecular formula is C19H34N4O2. The summed E-state index contributed by atoms with van der Waals surface area (Å²) in [6, 6.07) is 1.98. The maximum absolute atomic E-state index is 12.8. The molecule has 0 unspecified atom stereocenters. The summed E-state index contributed by atoms with van der Waals surface area (Å²) in [6.45, 7) is 15.6. The van der Waals surface area contributed by atoms with Gasteiger partial charge in [-0.2, -0.15) is 5.10 Å². The molecule has 1 N–H and O–H groups in total. The van der Waals surface area contributed by atoms with E-state index < -0.39 is 0 Å². The van der Waals surface area contributed by atoms with Crippen molar-refractivity contribution in [1.29, 1.82) is 0 Å². The van der Waals surface area contributed by atoms with E-state index in [0.29, 0.717) is 6.54 Å². The fourth-order valence-corrected chi connectivity index (χ4v) is 3.78. The van der Waals surface area contributed by atoms with Crippen LogP contribution in [0, 0.1) is 19.8 Å². The largest absolute Gasteiger partial charge is 0.373 e. The normalized spacial score (nSPS) is 23.0. The zero-order valence-electron chi connectivity index (χ0n) is 16.6. The molecule has 25 heavy (non-hydrogen) atoms. The van der Waals surface area contributed by atoms with Crippen molar-refractivity contribution >= 4 is 5.91 Å². The van der Waals surface area contributed by atoms with Crippen LogP contribution in [0.4, 0.5) is 0 Å². The molecule has 0 saturated carbocycles. The maximum atomic E-state index is 12.8. The molecule has 6 nitrogen and oxygen atoms in total. The van der Waals surface area contributed by atoms with Crippen LogP contribution in [0.3, 0.4) is 0 Å². The summed E-state index contributed by atoms with van der Waals surface area (Å²) in [7, 11) is 0. The van der Waals surface area contributed by atoms with Gasteiger partial charge in [0.2, 0.25) is 5.91 Å². The number of morpholine rings is 1. The lowest BCUT2D eigenvalue weighted by Gasteiger charge is -2.41. The predicted octanol–water partition coefficient (Wildman–Crippen LogP) is 2.14. The van der Waals surface area contributed by atoms with Crippen molar-refractivity contribution in [3.63, 3.8) is 0 Å². The number of aryl methyl sites for hydroxylation is 3. The van der Waals surface area contributed by atoms with Crippen molar-refractivity contribution in [2.45, 2.75) is 72.8 Å². The average Bonchev–Trinajstić information content (AvgIpc) is 2.80. The molecule has 1 aliphatic heterocycles. The Kier molecular flexibility index (Phi) is 7.02. The van der Waals surface area contributed by atoms with E-state index in [2.05, 4.69) is 56.0 Å². The molecule has 142 valence electrons. The predicted molar refractivity (Wildman–Crippen MR) is 99.5 cm³/mol. The van der Waals surface area contributed by atoms with E-state index in [1.807, 2.05) is 11.6 Å². The molecule has 0 radical (unpaired) electrons. The fourth-order valence-electron chi connectivity index (χ4n) is 3.78. The van der Waals surface area contributed by atoms with Crippen LogP contribution in [0.1, 0.15) is 45.5 Å². The molecule has 1 aromatic rings. The first kappa shape index (κ1) is 19.9. The third-order valence-electron chi connectivity index (χ3n) is 4.69. The van der Waals surface area contributed by atoms with Gasteiger partial charge in [-0.1, -0.05) is 13.8 Å². The van der Waals surface area contributed by atoms with Crippen molar-refractivity contribution in [3.05, 3.63) is 17.5 Å². The van der Waals surface area contributed by atoms with Crippen LogP contribution in [0.25, 0.3) is 0 Å². The number of ether oxygens (including phenoxy) is 1. The highest BCUT2D eigenvalue weighted by Crippen LogP contribution is 2.18. The molecule has 1 aliphatic rings. The molecule has 1 saturated heterocycles. The van der Waals surface area contributed by atoms with Gasteiger partial charge in [-0.3, -0.25) is 14.4 Å². The van der Waals surface area contributed by atoms with Crippen LogP contribution in [-0.4, -0.2) is 58.5 Å². The summed E-state index contributed by atoms with van der Waals surface area (Å²) in [4.78, 5) is 15.0. The summed E-state index contributed by atoms with van der Waals surface area (Å²) >= 11 is 0. The number of aromatic nitrogens is 2. The average molecular weight is 351 g/mol. The van der Waals surface area contributed by atoms with E-state index >= 15 is 0 Å². The highest BCUT2D eigenvalue weighted by atomic mass is 16.5. The number of carbonyl (C=O) groups is 1. The van der Waals surface area contributed by atoms with Gasteiger partial charge in [0.15, 0.2) is 0 Å². The second-order valence-corrected chi connectivity index (χ2v) is 7.69. The van der Waals surface area contributed by atoms with Gasteiger partial charge in [-0.25, -0.2) is 0 Å². The lowest BCUT2D eigenvalue weighted by atomic mass is 9.99. The summed E-state index contributed by atoms with van der Waals surface area (Å²) < 4.78 is 7.81. The van der Waals surface area contributed by atoms with Crippen molar-refractivity contribution in [2.75, 3.05) is 19.6 Å². The molecule has 0 aromatic carbocycles. The SMILES string of the molecule is Cc1cc(C)n(CCCNC(=O)[C@H](C(C)C)N2C[C@@H](C)O[C@H](C)C2)n1. The molecule has 2 heterocycles. The van der Waals surface area contributed by atoms with Gasteiger partial charge in [-0.05, 0) is 46.1 Å². The van der Waals surface area contributed by atoms with Gasteiger partial charge >= 0.3 is 0 Å². The zero-order chi connectivity index (χ0) is 18.6. The molecule has 3 atom stereocenters. The second kappa shape index (κ2) is 8.81. The van der Waals surface area contributed by atoms with Crippen molar-refractivity contribution in [2.24, 2.45) is 5.92 Å². The van der Waals surface area contributed by atoms with Gasteiger partial charge in [-0.15, -0.1) is 0 Å². The number of nitrogens with one attached hydrogen (secondary N) is 1. The number of rotatable bonds is 7. The minimum absolute atomic E-state index is 0.0949. The molecule has 2 rings (SSSR count). The quantitative estimate of drug-likeness (QED) is 0.766. The highest BCUT2D eigenvalue weighted by Gasteiger charge is 2.33. The van der Waals surface area contributed by atoms with E-state index in [-0.39, 0.29) is 30.1 Å². The molecule has 0 aliphatic carbocycles. The first-order chi connectivity index (χ1) is 11.8. The van der Waals surface area contributed by atoms with Crippen molar-refractivity contribution in [1.82, 2.24) is 20.0 Å². The second-order valence-electron chi connectivity index (χ2n) is 7.69. The van der Waals surface area contributed by atoms with E-state index in [9.17, 15) is 4.79 Å². The number of carbonyl (C=O) groups excluding carboxylic acids is 1. The van der Waals surface area contributed by atoms with Crippen molar-refractivity contribution in [3.8, 4) is 0 Å². The Hall–Kier alpha value is -1.40. The van der Waals surface area contributed by atoms with E-state index in [4.69, 9.17) is 4.74 Å². The number of amides is 1. The Morgan fingerprint density at radius 3 is 2.48 bits per heavy atom. The van der Waals surface area contributed by atoms with Gasteiger partial charge < -0.3 is 10.1 Å². The van der Waals surface area contributed by atoms with Crippen molar-refractivity contribution < 1.29 is 9.53 Å². The summed E-state index contributed by atoms with van der Waals surface area (Å²) in [5, 5.41) is 7.59.